The monoisotopic (exact) mass is 162 g/mol. The molecule has 0 nitrogen and oxygen atoms in total. The van der Waals surface area contributed by atoms with Gasteiger partial charge in [-0.15, -0.1) is 0 Å². The first kappa shape index (κ1) is 7.17. The van der Waals surface area contributed by atoms with Gasteiger partial charge < -0.3 is 0 Å². The van der Waals surface area contributed by atoms with E-state index in [1.165, 1.54) is 25.2 Å². The fourth-order valence-electron chi connectivity index (χ4n) is 3.39. The van der Waals surface area contributed by atoms with Gasteiger partial charge in [0.1, 0.15) is 0 Å². The van der Waals surface area contributed by atoms with Gasteiger partial charge in [-0.05, 0) is 62.2 Å². The zero-order chi connectivity index (χ0) is 7.97. The molecule has 3 aliphatic carbocycles. The second-order valence-corrected chi connectivity index (χ2v) is 5.03. The van der Waals surface area contributed by atoms with E-state index in [0.717, 1.165) is 17.8 Å². The van der Waals surface area contributed by atoms with E-state index in [4.69, 9.17) is 0 Å². The third-order valence-corrected chi connectivity index (χ3v) is 4.26. The van der Waals surface area contributed by atoms with E-state index in [2.05, 4.69) is 12.2 Å². The molecule has 3 aliphatic rings. The number of rotatable bonds is 0. The molecule has 3 rings (SSSR count). The summed E-state index contributed by atoms with van der Waals surface area (Å²) in [5.74, 6) is 4.51. The predicted octanol–water partition coefficient (Wildman–Crippen LogP) is 3.39. The quantitative estimate of drug-likeness (QED) is 0.479. The molecule has 2 saturated carbocycles. The molecular formula is C12H18. The van der Waals surface area contributed by atoms with Crippen LogP contribution >= 0.6 is 0 Å². The van der Waals surface area contributed by atoms with Gasteiger partial charge in [-0.3, -0.25) is 0 Å². The molecule has 0 spiro atoms. The van der Waals surface area contributed by atoms with Gasteiger partial charge in [0, 0.05) is 0 Å². The molecule has 12 heavy (non-hydrogen) atoms. The average molecular weight is 162 g/mol. The van der Waals surface area contributed by atoms with Gasteiger partial charge in [0.2, 0.25) is 0 Å². The van der Waals surface area contributed by atoms with E-state index in [0.29, 0.717) is 0 Å². The Hall–Kier alpha value is -0.260. The molecule has 66 valence electrons. The molecule has 0 heteroatoms. The van der Waals surface area contributed by atoms with Crippen LogP contribution < -0.4 is 0 Å². The normalized spacial score (nSPS) is 50.7. The third kappa shape index (κ3) is 1.12. The Morgan fingerprint density at radius 1 is 0.750 bits per heavy atom. The van der Waals surface area contributed by atoms with Gasteiger partial charge in [0.05, 0.1) is 0 Å². The van der Waals surface area contributed by atoms with Crippen molar-refractivity contribution in [3.05, 3.63) is 12.2 Å². The standard InChI is InChI=1S/C12H18/c1-2-4-9-6-11-8-12(11)7-10(9)5-3-1/h1-2,9-12H,3-8H2. The average Bonchev–Trinajstić information content (AvgIpc) is 2.81. The van der Waals surface area contributed by atoms with Crippen molar-refractivity contribution in [3.8, 4) is 0 Å². The van der Waals surface area contributed by atoms with E-state index in [-0.39, 0.29) is 0 Å². The maximum Gasteiger partial charge on any atom is -0.0319 e. The maximum atomic E-state index is 2.44. The number of fused-ring (bicyclic) bond motifs is 2. The lowest BCUT2D eigenvalue weighted by molar-refractivity contribution is 0.221. The first-order chi connectivity index (χ1) is 5.93. The van der Waals surface area contributed by atoms with E-state index < -0.39 is 0 Å². The summed E-state index contributed by atoms with van der Waals surface area (Å²) >= 11 is 0. The Bertz CT molecular complexity index is 204. The van der Waals surface area contributed by atoms with Crippen molar-refractivity contribution < 1.29 is 0 Å². The predicted molar refractivity (Wildman–Crippen MR) is 50.8 cm³/mol. The highest BCUT2D eigenvalue weighted by molar-refractivity contribution is 5.00. The molecule has 0 amide bonds. The van der Waals surface area contributed by atoms with Crippen molar-refractivity contribution in [1.82, 2.24) is 0 Å². The van der Waals surface area contributed by atoms with Crippen LogP contribution in [0, 0.1) is 23.7 Å². The van der Waals surface area contributed by atoms with Crippen LogP contribution in [0.4, 0.5) is 0 Å². The lowest BCUT2D eigenvalue weighted by Crippen LogP contribution is -2.19. The second-order valence-electron chi connectivity index (χ2n) is 5.03. The highest BCUT2D eigenvalue weighted by atomic mass is 14.5. The SMILES string of the molecule is C1=CCC2CC3CC3CC2CC1. The smallest absolute Gasteiger partial charge is 0.0319 e. The van der Waals surface area contributed by atoms with E-state index in [1.807, 2.05) is 0 Å². The Morgan fingerprint density at radius 2 is 1.50 bits per heavy atom. The van der Waals surface area contributed by atoms with Gasteiger partial charge in [0.25, 0.3) is 0 Å². The Balaban J connectivity index is 1.74. The molecule has 0 aromatic heterocycles. The molecule has 0 bridgehead atoms. The fraction of sp³-hybridized carbons (Fsp3) is 0.833. The molecule has 0 aromatic carbocycles. The van der Waals surface area contributed by atoms with Crippen molar-refractivity contribution in [1.29, 1.82) is 0 Å². The van der Waals surface area contributed by atoms with Crippen molar-refractivity contribution in [2.75, 3.05) is 0 Å². The number of hydrogen-bond acceptors (Lipinski definition) is 0. The van der Waals surface area contributed by atoms with Crippen LogP contribution in [0.3, 0.4) is 0 Å². The van der Waals surface area contributed by atoms with Gasteiger partial charge in [0.15, 0.2) is 0 Å². The van der Waals surface area contributed by atoms with Gasteiger partial charge >= 0.3 is 0 Å². The summed E-state index contributed by atoms with van der Waals surface area (Å²) in [6.45, 7) is 0. The van der Waals surface area contributed by atoms with E-state index in [1.54, 1.807) is 19.3 Å². The molecule has 0 aliphatic heterocycles. The molecule has 4 unspecified atom stereocenters. The Kier molecular flexibility index (Phi) is 1.56. The second kappa shape index (κ2) is 2.61. The number of hydrogen-bond donors (Lipinski definition) is 0. The van der Waals surface area contributed by atoms with Crippen LogP contribution in [0.25, 0.3) is 0 Å². The molecule has 0 N–H and O–H groups in total. The van der Waals surface area contributed by atoms with Crippen LogP contribution in [0.15, 0.2) is 12.2 Å². The van der Waals surface area contributed by atoms with E-state index >= 15 is 0 Å². The molecule has 0 saturated heterocycles. The molecule has 4 atom stereocenters. The van der Waals surface area contributed by atoms with Gasteiger partial charge in [-0.2, -0.15) is 0 Å². The third-order valence-electron chi connectivity index (χ3n) is 4.26. The van der Waals surface area contributed by atoms with Crippen molar-refractivity contribution >= 4 is 0 Å². The molecular weight excluding hydrogens is 144 g/mol. The lowest BCUT2D eigenvalue weighted by atomic mass is 9.76. The summed E-state index contributed by atoms with van der Waals surface area (Å²) in [7, 11) is 0. The zero-order valence-corrected chi connectivity index (χ0v) is 7.71. The minimum absolute atomic E-state index is 1.08. The summed E-state index contributed by atoms with van der Waals surface area (Å²) in [4.78, 5) is 0. The fourth-order valence-corrected chi connectivity index (χ4v) is 3.39. The summed E-state index contributed by atoms with van der Waals surface area (Å²) in [5, 5.41) is 0. The van der Waals surface area contributed by atoms with Crippen molar-refractivity contribution in [3.63, 3.8) is 0 Å². The maximum absolute atomic E-state index is 2.44. The first-order valence-corrected chi connectivity index (χ1v) is 5.58. The van der Waals surface area contributed by atoms with Gasteiger partial charge in [-0.1, -0.05) is 12.2 Å². The Morgan fingerprint density at radius 3 is 2.42 bits per heavy atom. The lowest BCUT2D eigenvalue weighted by Gasteiger charge is -2.29. The molecule has 0 radical (unpaired) electrons. The summed E-state index contributed by atoms with van der Waals surface area (Å²) in [6, 6.07) is 0. The molecule has 2 fully saturated rings. The van der Waals surface area contributed by atoms with Crippen LogP contribution in [0.2, 0.25) is 0 Å². The Labute approximate surface area is 75.0 Å². The minimum atomic E-state index is 1.08. The van der Waals surface area contributed by atoms with Crippen molar-refractivity contribution in [2.45, 2.75) is 38.5 Å². The van der Waals surface area contributed by atoms with Crippen LogP contribution in [-0.4, -0.2) is 0 Å². The first-order valence-electron chi connectivity index (χ1n) is 5.58. The van der Waals surface area contributed by atoms with Crippen LogP contribution in [0.5, 0.6) is 0 Å². The van der Waals surface area contributed by atoms with Crippen LogP contribution in [-0.2, 0) is 0 Å². The van der Waals surface area contributed by atoms with E-state index in [9.17, 15) is 0 Å². The topological polar surface area (TPSA) is 0 Å². The largest absolute Gasteiger partial charge is 0.0885 e. The highest BCUT2D eigenvalue weighted by Crippen LogP contribution is 2.55. The van der Waals surface area contributed by atoms with Crippen molar-refractivity contribution in [2.24, 2.45) is 23.7 Å². The minimum Gasteiger partial charge on any atom is -0.0885 e. The highest BCUT2D eigenvalue weighted by Gasteiger charge is 2.45. The zero-order valence-electron chi connectivity index (χ0n) is 7.71. The summed E-state index contributed by atoms with van der Waals surface area (Å²) in [6.07, 6.45) is 13.8. The summed E-state index contributed by atoms with van der Waals surface area (Å²) in [5.41, 5.74) is 0. The van der Waals surface area contributed by atoms with Gasteiger partial charge in [-0.25, -0.2) is 0 Å². The summed E-state index contributed by atoms with van der Waals surface area (Å²) < 4.78 is 0. The molecule has 0 aromatic rings. The number of allylic oxidation sites excluding steroid dienone is 2. The van der Waals surface area contributed by atoms with Crippen LogP contribution in [0.1, 0.15) is 38.5 Å². The molecule has 0 heterocycles.